The van der Waals surface area contributed by atoms with E-state index in [1.807, 2.05) is 0 Å². The largest absolute Gasteiger partial charge is 0.348 e. The fraction of sp³-hybridized carbons (Fsp3) is 0.350. The second kappa shape index (κ2) is 8.36. The number of carbonyl (C=O) groups excluding carboxylic acids is 1. The minimum atomic E-state index is -3.45. The van der Waals surface area contributed by atoms with Crippen LogP contribution >= 0.6 is 0 Å². The van der Waals surface area contributed by atoms with Gasteiger partial charge in [-0.3, -0.25) is 9.10 Å². The van der Waals surface area contributed by atoms with Gasteiger partial charge in [-0.2, -0.15) is 0 Å². The molecule has 0 aliphatic rings. The molecule has 1 N–H and O–H groups in total. The number of rotatable bonds is 7. The molecule has 0 aromatic heterocycles. The Balaban J connectivity index is 2.25. The van der Waals surface area contributed by atoms with Crippen molar-refractivity contribution in [1.82, 2.24) is 5.32 Å². The summed E-state index contributed by atoms with van der Waals surface area (Å²) in [6.07, 6.45) is 2.95. The first-order chi connectivity index (χ1) is 12.3. The smallest absolute Gasteiger partial charge is 0.253 e. The van der Waals surface area contributed by atoms with Gasteiger partial charge >= 0.3 is 0 Å². The van der Waals surface area contributed by atoms with Gasteiger partial charge in [0.15, 0.2) is 0 Å². The van der Waals surface area contributed by atoms with Gasteiger partial charge in [0, 0.05) is 13.6 Å². The Morgan fingerprint density at radius 3 is 2.35 bits per heavy atom. The number of benzene rings is 2. The fourth-order valence-corrected chi connectivity index (χ4v) is 3.31. The Labute approximate surface area is 156 Å². The van der Waals surface area contributed by atoms with E-state index in [1.165, 1.54) is 18.2 Å². The summed E-state index contributed by atoms with van der Waals surface area (Å²) in [5.74, 6) is -0.292. The van der Waals surface area contributed by atoms with Crippen LogP contribution in [-0.2, 0) is 29.4 Å². The van der Waals surface area contributed by atoms with Gasteiger partial charge in [0.05, 0.1) is 17.5 Å². The SMILES string of the molecule is CCc1ccc(CC)c(CNC(=O)c2ccccc2N(C)S(C)(=O)=O)c1. The average Bonchev–Trinajstić information content (AvgIpc) is 2.64. The van der Waals surface area contributed by atoms with E-state index in [9.17, 15) is 13.2 Å². The normalized spacial score (nSPS) is 11.2. The molecule has 1 amide bonds. The molecule has 0 saturated carbocycles. The Morgan fingerprint density at radius 1 is 1.04 bits per heavy atom. The third-order valence-electron chi connectivity index (χ3n) is 4.48. The number of amides is 1. The van der Waals surface area contributed by atoms with Crippen LogP contribution in [0.5, 0.6) is 0 Å². The van der Waals surface area contributed by atoms with Gasteiger partial charge in [-0.15, -0.1) is 0 Å². The van der Waals surface area contributed by atoms with Gasteiger partial charge in [-0.25, -0.2) is 8.42 Å². The van der Waals surface area contributed by atoms with Gasteiger partial charge in [0.1, 0.15) is 0 Å². The molecule has 0 bridgehead atoms. The maximum Gasteiger partial charge on any atom is 0.253 e. The van der Waals surface area contributed by atoms with E-state index in [1.54, 1.807) is 24.3 Å². The zero-order chi connectivity index (χ0) is 19.3. The number of carbonyl (C=O) groups is 1. The van der Waals surface area contributed by atoms with Crippen molar-refractivity contribution < 1.29 is 13.2 Å². The number of hydrogen-bond donors (Lipinski definition) is 1. The Morgan fingerprint density at radius 2 is 1.73 bits per heavy atom. The molecular weight excluding hydrogens is 348 g/mol. The van der Waals surface area contributed by atoms with Crippen LogP contribution in [0.25, 0.3) is 0 Å². The molecule has 2 aromatic carbocycles. The van der Waals surface area contributed by atoms with E-state index in [0.717, 1.165) is 29.0 Å². The van der Waals surface area contributed by atoms with Crippen molar-refractivity contribution in [2.45, 2.75) is 33.2 Å². The molecule has 2 rings (SSSR count). The van der Waals surface area contributed by atoms with Crippen molar-refractivity contribution in [2.24, 2.45) is 0 Å². The molecule has 0 fully saturated rings. The lowest BCUT2D eigenvalue weighted by Gasteiger charge is -2.20. The maximum absolute atomic E-state index is 12.7. The predicted octanol–water partition coefficient (Wildman–Crippen LogP) is 3.14. The molecule has 6 heteroatoms. The lowest BCUT2D eigenvalue weighted by molar-refractivity contribution is 0.0951. The van der Waals surface area contributed by atoms with Crippen molar-refractivity contribution in [3.8, 4) is 0 Å². The van der Waals surface area contributed by atoms with Gasteiger partial charge < -0.3 is 5.32 Å². The lowest BCUT2D eigenvalue weighted by Crippen LogP contribution is -2.30. The van der Waals surface area contributed by atoms with Crippen LogP contribution in [0.2, 0.25) is 0 Å². The Bertz CT molecular complexity index is 892. The number of aryl methyl sites for hydroxylation is 2. The van der Waals surface area contributed by atoms with Crippen LogP contribution in [0.15, 0.2) is 42.5 Å². The van der Waals surface area contributed by atoms with E-state index in [4.69, 9.17) is 0 Å². The third-order valence-corrected chi connectivity index (χ3v) is 5.68. The van der Waals surface area contributed by atoms with Crippen LogP contribution < -0.4 is 9.62 Å². The van der Waals surface area contributed by atoms with Gasteiger partial charge in [0.2, 0.25) is 10.0 Å². The fourth-order valence-electron chi connectivity index (χ4n) is 2.80. The van der Waals surface area contributed by atoms with Crippen LogP contribution in [-0.4, -0.2) is 27.6 Å². The Kier molecular flexibility index (Phi) is 6.42. The van der Waals surface area contributed by atoms with E-state index in [0.29, 0.717) is 17.8 Å². The number of para-hydroxylation sites is 1. The molecule has 140 valence electrons. The van der Waals surface area contributed by atoms with E-state index >= 15 is 0 Å². The first kappa shape index (κ1) is 20.0. The van der Waals surface area contributed by atoms with Crippen molar-refractivity contribution in [3.63, 3.8) is 0 Å². The minimum Gasteiger partial charge on any atom is -0.348 e. The third kappa shape index (κ3) is 4.64. The molecule has 0 aliphatic heterocycles. The van der Waals surface area contributed by atoms with Crippen molar-refractivity contribution >= 4 is 21.6 Å². The quantitative estimate of drug-likeness (QED) is 0.810. The first-order valence-electron chi connectivity index (χ1n) is 8.69. The first-order valence-corrected chi connectivity index (χ1v) is 10.5. The van der Waals surface area contributed by atoms with Gasteiger partial charge in [-0.1, -0.05) is 44.2 Å². The molecule has 5 nitrogen and oxygen atoms in total. The molecule has 0 radical (unpaired) electrons. The highest BCUT2D eigenvalue weighted by Gasteiger charge is 2.19. The molecule has 0 unspecified atom stereocenters. The summed E-state index contributed by atoms with van der Waals surface area (Å²) in [6, 6.07) is 13.0. The number of sulfonamides is 1. The predicted molar refractivity (Wildman–Crippen MR) is 106 cm³/mol. The molecule has 0 spiro atoms. The molecule has 0 aliphatic carbocycles. The van der Waals surface area contributed by atoms with E-state index in [-0.39, 0.29) is 5.91 Å². The second-order valence-electron chi connectivity index (χ2n) is 6.24. The molecule has 0 saturated heterocycles. The van der Waals surface area contributed by atoms with Crippen molar-refractivity contribution in [2.75, 3.05) is 17.6 Å². The molecule has 0 atom stereocenters. The van der Waals surface area contributed by atoms with Crippen LogP contribution in [0.1, 0.15) is 40.9 Å². The summed E-state index contributed by atoms with van der Waals surface area (Å²) < 4.78 is 24.8. The molecule has 2 aromatic rings. The van der Waals surface area contributed by atoms with Crippen LogP contribution in [0.3, 0.4) is 0 Å². The second-order valence-corrected chi connectivity index (χ2v) is 8.25. The zero-order valence-corrected chi connectivity index (χ0v) is 16.6. The number of hydrogen-bond acceptors (Lipinski definition) is 3. The number of nitrogens with one attached hydrogen (secondary N) is 1. The van der Waals surface area contributed by atoms with Crippen LogP contribution in [0.4, 0.5) is 5.69 Å². The summed E-state index contributed by atoms with van der Waals surface area (Å²) in [5.41, 5.74) is 4.22. The Hall–Kier alpha value is -2.34. The van der Waals surface area contributed by atoms with Crippen molar-refractivity contribution in [3.05, 3.63) is 64.7 Å². The highest BCUT2D eigenvalue weighted by atomic mass is 32.2. The molecule has 0 heterocycles. The highest BCUT2D eigenvalue weighted by molar-refractivity contribution is 7.92. The van der Waals surface area contributed by atoms with Gasteiger partial charge in [-0.05, 0) is 41.7 Å². The van der Waals surface area contributed by atoms with E-state index < -0.39 is 10.0 Å². The maximum atomic E-state index is 12.7. The molecule has 26 heavy (non-hydrogen) atoms. The molecular formula is C20H26N2O3S. The summed E-state index contributed by atoms with van der Waals surface area (Å²) in [6.45, 7) is 4.59. The summed E-state index contributed by atoms with van der Waals surface area (Å²) in [7, 11) is -2.00. The number of anilines is 1. The lowest BCUT2D eigenvalue weighted by atomic mass is 10.0. The van der Waals surface area contributed by atoms with Gasteiger partial charge in [0.25, 0.3) is 5.91 Å². The summed E-state index contributed by atoms with van der Waals surface area (Å²) >= 11 is 0. The van der Waals surface area contributed by atoms with Crippen molar-refractivity contribution in [1.29, 1.82) is 0 Å². The highest BCUT2D eigenvalue weighted by Crippen LogP contribution is 2.21. The standard InChI is InChI=1S/C20H26N2O3S/c1-5-15-11-12-16(6-2)17(13-15)14-21-20(23)18-9-7-8-10-19(18)22(3)26(4,24)25/h7-13H,5-6,14H2,1-4H3,(H,21,23). The monoisotopic (exact) mass is 374 g/mol. The number of nitrogens with zero attached hydrogens (tertiary/aromatic N) is 1. The summed E-state index contributed by atoms with van der Waals surface area (Å²) in [4.78, 5) is 12.7. The average molecular weight is 375 g/mol. The minimum absolute atomic E-state index is 0.292. The van der Waals surface area contributed by atoms with E-state index in [2.05, 4.69) is 37.4 Å². The topological polar surface area (TPSA) is 66.5 Å². The summed E-state index contributed by atoms with van der Waals surface area (Å²) in [5, 5.41) is 2.93. The zero-order valence-electron chi connectivity index (χ0n) is 15.7. The van der Waals surface area contributed by atoms with Crippen LogP contribution in [0, 0.1) is 0 Å².